The lowest BCUT2D eigenvalue weighted by Gasteiger charge is -2.11. The highest BCUT2D eigenvalue weighted by Gasteiger charge is 2.10. The number of rotatable bonds is 6. The van der Waals surface area contributed by atoms with Crippen molar-refractivity contribution in [3.63, 3.8) is 0 Å². The van der Waals surface area contributed by atoms with Crippen LogP contribution in [0.25, 0.3) is 0 Å². The highest BCUT2D eigenvalue weighted by Crippen LogP contribution is 2.15. The molecule has 1 amide bonds. The van der Waals surface area contributed by atoms with Gasteiger partial charge in [0.25, 0.3) is 0 Å². The van der Waals surface area contributed by atoms with E-state index in [2.05, 4.69) is 10.6 Å². The Hall–Kier alpha value is -2.04. The van der Waals surface area contributed by atoms with Gasteiger partial charge in [-0.25, -0.2) is 4.79 Å². The minimum absolute atomic E-state index is 0.0157. The van der Waals surface area contributed by atoms with Crippen LogP contribution in [0.2, 0.25) is 0 Å². The van der Waals surface area contributed by atoms with E-state index in [1.54, 1.807) is 18.2 Å². The van der Waals surface area contributed by atoms with Crippen molar-refractivity contribution in [2.45, 2.75) is 26.3 Å². The number of anilines is 1. The van der Waals surface area contributed by atoms with Gasteiger partial charge in [0.15, 0.2) is 0 Å². The lowest BCUT2D eigenvalue weighted by molar-refractivity contribution is -0.121. The molecule has 0 aliphatic heterocycles. The standard InChI is InChI=1S/C14H20N2O3/c1-10(2)16-13(17)8-9-15-12-7-5-4-6-11(12)14(18)19-3/h4-7,10,15H,8-9H2,1-3H3,(H,16,17). The fraction of sp³-hybridized carbons (Fsp3) is 0.429. The van der Waals surface area contributed by atoms with E-state index >= 15 is 0 Å². The monoisotopic (exact) mass is 264 g/mol. The lowest BCUT2D eigenvalue weighted by Crippen LogP contribution is -2.31. The summed E-state index contributed by atoms with van der Waals surface area (Å²) >= 11 is 0. The first kappa shape index (κ1) is 15.0. The van der Waals surface area contributed by atoms with E-state index in [4.69, 9.17) is 4.74 Å². The molecule has 5 nitrogen and oxygen atoms in total. The number of hydrogen-bond donors (Lipinski definition) is 2. The van der Waals surface area contributed by atoms with Gasteiger partial charge < -0.3 is 15.4 Å². The Bertz CT molecular complexity index is 444. The fourth-order valence-corrected chi connectivity index (χ4v) is 1.63. The van der Waals surface area contributed by atoms with E-state index in [1.807, 2.05) is 19.9 Å². The molecule has 1 aromatic rings. The zero-order valence-corrected chi connectivity index (χ0v) is 11.5. The van der Waals surface area contributed by atoms with Crippen molar-refractivity contribution in [1.29, 1.82) is 0 Å². The van der Waals surface area contributed by atoms with Gasteiger partial charge in [0.05, 0.1) is 12.7 Å². The molecular weight excluding hydrogens is 244 g/mol. The minimum atomic E-state index is -0.394. The zero-order chi connectivity index (χ0) is 14.3. The van der Waals surface area contributed by atoms with Crippen LogP contribution >= 0.6 is 0 Å². The number of esters is 1. The summed E-state index contributed by atoms with van der Waals surface area (Å²) in [6.07, 6.45) is 0.355. The van der Waals surface area contributed by atoms with Crippen molar-refractivity contribution in [2.75, 3.05) is 19.0 Å². The van der Waals surface area contributed by atoms with Crippen LogP contribution in [0.15, 0.2) is 24.3 Å². The Morgan fingerprint density at radius 2 is 1.95 bits per heavy atom. The van der Waals surface area contributed by atoms with E-state index in [0.717, 1.165) is 0 Å². The smallest absolute Gasteiger partial charge is 0.339 e. The molecule has 1 aromatic carbocycles. The molecule has 0 heterocycles. The van der Waals surface area contributed by atoms with E-state index in [1.165, 1.54) is 7.11 Å². The van der Waals surface area contributed by atoms with Crippen LogP contribution < -0.4 is 10.6 Å². The van der Waals surface area contributed by atoms with Crippen LogP contribution in [0.1, 0.15) is 30.6 Å². The number of amides is 1. The summed E-state index contributed by atoms with van der Waals surface area (Å²) in [6.45, 7) is 4.29. The number of para-hydroxylation sites is 1. The van der Waals surface area contributed by atoms with Gasteiger partial charge in [0.2, 0.25) is 5.91 Å². The molecule has 0 aromatic heterocycles. The van der Waals surface area contributed by atoms with Crippen LogP contribution in [0.3, 0.4) is 0 Å². The molecule has 0 saturated heterocycles. The largest absolute Gasteiger partial charge is 0.465 e. The van der Waals surface area contributed by atoms with Crippen LogP contribution in [0, 0.1) is 0 Å². The molecule has 19 heavy (non-hydrogen) atoms. The second kappa shape index (κ2) is 7.41. The molecule has 1 rings (SSSR count). The highest BCUT2D eigenvalue weighted by molar-refractivity contribution is 5.95. The zero-order valence-electron chi connectivity index (χ0n) is 11.5. The first-order valence-electron chi connectivity index (χ1n) is 6.25. The molecule has 0 fully saturated rings. The first-order valence-corrected chi connectivity index (χ1v) is 6.25. The Morgan fingerprint density at radius 1 is 1.26 bits per heavy atom. The van der Waals surface area contributed by atoms with Crippen molar-refractivity contribution >= 4 is 17.6 Å². The summed E-state index contributed by atoms with van der Waals surface area (Å²) in [7, 11) is 1.34. The molecule has 0 bridgehead atoms. The molecule has 0 unspecified atom stereocenters. The van der Waals surface area contributed by atoms with Gasteiger partial charge in [-0.1, -0.05) is 12.1 Å². The van der Waals surface area contributed by atoms with Gasteiger partial charge in [-0.3, -0.25) is 4.79 Å². The van der Waals surface area contributed by atoms with Crippen molar-refractivity contribution < 1.29 is 14.3 Å². The normalized spacial score (nSPS) is 10.1. The molecule has 104 valence electrons. The van der Waals surface area contributed by atoms with Gasteiger partial charge >= 0.3 is 5.97 Å². The molecule has 5 heteroatoms. The van der Waals surface area contributed by atoms with Gasteiger partial charge in [0, 0.05) is 24.7 Å². The number of nitrogens with one attached hydrogen (secondary N) is 2. The third-order valence-corrected chi connectivity index (χ3v) is 2.45. The average Bonchev–Trinajstić information content (AvgIpc) is 2.37. The van der Waals surface area contributed by atoms with E-state index < -0.39 is 5.97 Å². The van der Waals surface area contributed by atoms with Crippen LogP contribution in [0.4, 0.5) is 5.69 Å². The summed E-state index contributed by atoms with van der Waals surface area (Å²) in [5.41, 5.74) is 1.14. The van der Waals surface area contributed by atoms with Gasteiger partial charge in [-0.2, -0.15) is 0 Å². The van der Waals surface area contributed by atoms with Crippen molar-refractivity contribution in [1.82, 2.24) is 5.32 Å². The van der Waals surface area contributed by atoms with E-state index in [-0.39, 0.29) is 11.9 Å². The molecule has 0 spiro atoms. The topological polar surface area (TPSA) is 67.4 Å². The second-order valence-electron chi connectivity index (χ2n) is 4.44. The molecular formula is C14H20N2O3. The third-order valence-electron chi connectivity index (χ3n) is 2.45. The summed E-state index contributed by atoms with van der Waals surface area (Å²) in [5.74, 6) is -0.409. The Labute approximate surface area is 113 Å². The maximum atomic E-state index is 11.5. The van der Waals surface area contributed by atoms with Crippen LogP contribution in [0.5, 0.6) is 0 Å². The summed E-state index contributed by atoms with van der Waals surface area (Å²) < 4.78 is 4.70. The first-order chi connectivity index (χ1) is 9.04. The second-order valence-corrected chi connectivity index (χ2v) is 4.44. The van der Waals surface area contributed by atoms with Gasteiger partial charge in [-0.05, 0) is 26.0 Å². The van der Waals surface area contributed by atoms with E-state index in [0.29, 0.717) is 24.2 Å². The highest BCUT2D eigenvalue weighted by atomic mass is 16.5. The molecule has 0 aliphatic carbocycles. The molecule has 0 atom stereocenters. The minimum Gasteiger partial charge on any atom is -0.465 e. The van der Waals surface area contributed by atoms with E-state index in [9.17, 15) is 9.59 Å². The fourth-order valence-electron chi connectivity index (χ4n) is 1.63. The molecule has 2 N–H and O–H groups in total. The Morgan fingerprint density at radius 3 is 2.58 bits per heavy atom. The molecule has 0 radical (unpaired) electrons. The van der Waals surface area contributed by atoms with Gasteiger partial charge in [0.1, 0.15) is 0 Å². The average molecular weight is 264 g/mol. The number of hydrogen-bond acceptors (Lipinski definition) is 4. The summed E-state index contributed by atoms with van der Waals surface area (Å²) in [6, 6.07) is 7.19. The lowest BCUT2D eigenvalue weighted by atomic mass is 10.2. The van der Waals surface area contributed by atoms with Crippen LogP contribution in [-0.2, 0) is 9.53 Å². The van der Waals surface area contributed by atoms with Gasteiger partial charge in [-0.15, -0.1) is 0 Å². The molecule has 0 aliphatic rings. The Kier molecular flexibility index (Phi) is 5.85. The van der Waals surface area contributed by atoms with Crippen LogP contribution in [-0.4, -0.2) is 31.6 Å². The van der Waals surface area contributed by atoms with Crippen molar-refractivity contribution in [3.05, 3.63) is 29.8 Å². The summed E-state index contributed by atoms with van der Waals surface area (Å²) in [4.78, 5) is 23.0. The number of ether oxygens (including phenoxy) is 1. The number of methoxy groups -OCH3 is 1. The summed E-state index contributed by atoms with van der Waals surface area (Å²) in [5, 5.41) is 5.88. The number of benzene rings is 1. The predicted octanol–water partition coefficient (Wildman–Crippen LogP) is 1.80. The quantitative estimate of drug-likeness (QED) is 0.769. The Balaban J connectivity index is 2.54. The maximum absolute atomic E-state index is 11.5. The van der Waals surface area contributed by atoms with Crippen molar-refractivity contribution in [2.24, 2.45) is 0 Å². The SMILES string of the molecule is COC(=O)c1ccccc1NCCC(=O)NC(C)C. The molecule has 0 saturated carbocycles. The number of carbonyl (C=O) groups is 2. The number of carbonyl (C=O) groups excluding carboxylic acids is 2. The van der Waals surface area contributed by atoms with Crippen molar-refractivity contribution in [3.8, 4) is 0 Å². The predicted molar refractivity (Wildman–Crippen MR) is 74.2 cm³/mol. The third kappa shape index (κ3) is 4.99. The maximum Gasteiger partial charge on any atom is 0.339 e.